The Morgan fingerprint density at radius 2 is 2.16 bits per heavy atom. The van der Waals surface area contributed by atoms with Crippen LogP contribution in [0.25, 0.3) is 0 Å². The number of carbonyl (C=O) groups excluding carboxylic acids is 2. The number of hydrogen-bond donors (Lipinski definition) is 3. The predicted molar refractivity (Wildman–Crippen MR) is 71.6 cm³/mol. The van der Waals surface area contributed by atoms with Crippen LogP contribution in [-0.4, -0.2) is 38.6 Å². The fourth-order valence-corrected chi connectivity index (χ4v) is 1.51. The third-order valence-corrected chi connectivity index (χ3v) is 2.45. The van der Waals surface area contributed by atoms with E-state index in [0.717, 1.165) is 5.56 Å². The molecule has 0 aliphatic heterocycles. The Kier molecular flexibility index (Phi) is 6.56. The topological polar surface area (TPSA) is 93.4 Å². The summed E-state index contributed by atoms with van der Waals surface area (Å²) < 4.78 is 4.82. The number of nitrogens with two attached hydrogens (primary N) is 1. The van der Waals surface area contributed by atoms with Crippen LogP contribution in [0.2, 0.25) is 0 Å². The summed E-state index contributed by atoms with van der Waals surface area (Å²) in [6.45, 7) is 1.70. The Morgan fingerprint density at radius 3 is 2.84 bits per heavy atom. The molecule has 104 valence electrons. The van der Waals surface area contributed by atoms with Crippen molar-refractivity contribution in [3.05, 3.63) is 35.4 Å². The lowest BCUT2D eigenvalue weighted by Crippen LogP contribution is -2.35. The van der Waals surface area contributed by atoms with E-state index in [1.165, 1.54) is 0 Å². The second-order valence-corrected chi connectivity index (χ2v) is 4.01. The van der Waals surface area contributed by atoms with Crippen LogP contribution in [0.5, 0.6) is 0 Å². The van der Waals surface area contributed by atoms with E-state index in [-0.39, 0.29) is 12.5 Å². The fourth-order valence-electron chi connectivity index (χ4n) is 1.51. The second kappa shape index (κ2) is 8.23. The Morgan fingerprint density at radius 1 is 1.37 bits per heavy atom. The highest BCUT2D eigenvalue weighted by Crippen LogP contribution is 2.04. The van der Waals surface area contributed by atoms with Gasteiger partial charge in [-0.15, -0.1) is 0 Å². The number of ether oxygens (including phenoxy) is 1. The van der Waals surface area contributed by atoms with E-state index in [2.05, 4.69) is 10.6 Å². The molecule has 0 spiro atoms. The highest BCUT2D eigenvalue weighted by molar-refractivity contribution is 5.92. The van der Waals surface area contributed by atoms with Crippen LogP contribution in [0, 0.1) is 0 Å². The van der Waals surface area contributed by atoms with Crippen molar-refractivity contribution in [2.45, 2.75) is 6.54 Å². The maximum atomic E-state index is 11.4. The zero-order chi connectivity index (χ0) is 14.1. The Bertz CT molecular complexity index is 435. The van der Waals surface area contributed by atoms with Crippen LogP contribution in [0.15, 0.2) is 24.3 Å². The number of rotatable bonds is 8. The number of carbonyl (C=O) groups is 2. The molecule has 0 saturated heterocycles. The molecule has 0 aliphatic carbocycles. The van der Waals surface area contributed by atoms with Crippen molar-refractivity contribution in [2.75, 3.05) is 26.8 Å². The summed E-state index contributed by atoms with van der Waals surface area (Å²) in [5.41, 5.74) is 6.56. The highest BCUT2D eigenvalue weighted by atomic mass is 16.5. The first-order valence-electron chi connectivity index (χ1n) is 5.98. The van der Waals surface area contributed by atoms with Crippen LogP contribution in [0.4, 0.5) is 0 Å². The summed E-state index contributed by atoms with van der Waals surface area (Å²) in [5.74, 6) is -0.553. The first kappa shape index (κ1) is 15.1. The lowest BCUT2D eigenvalue weighted by atomic mass is 10.1. The van der Waals surface area contributed by atoms with Crippen molar-refractivity contribution < 1.29 is 14.3 Å². The predicted octanol–water partition coefficient (Wildman–Crippen LogP) is -0.362. The van der Waals surface area contributed by atoms with Crippen molar-refractivity contribution in [3.63, 3.8) is 0 Å². The van der Waals surface area contributed by atoms with Crippen molar-refractivity contribution >= 4 is 11.8 Å². The molecular formula is C13H19N3O3. The molecule has 0 heterocycles. The molecule has 0 saturated carbocycles. The zero-order valence-electron chi connectivity index (χ0n) is 10.9. The van der Waals surface area contributed by atoms with Crippen LogP contribution < -0.4 is 16.4 Å². The minimum Gasteiger partial charge on any atom is -0.383 e. The highest BCUT2D eigenvalue weighted by Gasteiger charge is 2.02. The first-order chi connectivity index (χ1) is 9.13. The van der Waals surface area contributed by atoms with E-state index in [4.69, 9.17) is 10.5 Å². The maximum absolute atomic E-state index is 11.4. The van der Waals surface area contributed by atoms with Gasteiger partial charge in [0, 0.05) is 25.8 Å². The van der Waals surface area contributed by atoms with Gasteiger partial charge >= 0.3 is 0 Å². The standard InChI is InChI=1S/C13H19N3O3/c1-19-6-5-16-12(17)9-15-8-10-3-2-4-11(7-10)13(14)18/h2-4,7,15H,5-6,8-9H2,1H3,(H2,14,18)(H,16,17). The largest absolute Gasteiger partial charge is 0.383 e. The van der Waals surface area contributed by atoms with Gasteiger partial charge in [-0.2, -0.15) is 0 Å². The van der Waals surface area contributed by atoms with E-state index < -0.39 is 5.91 Å². The number of primary amides is 1. The van der Waals surface area contributed by atoms with Gasteiger partial charge in [-0.1, -0.05) is 12.1 Å². The minimum absolute atomic E-state index is 0.0943. The molecule has 1 aromatic carbocycles. The molecule has 0 atom stereocenters. The summed E-state index contributed by atoms with van der Waals surface area (Å²) in [5, 5.41) is 5.69. The number of hydrogen-bond acceptors (Lipinski definition) is 4. The molecule has 0 unspecified atom stereocenters. The van der Waals surface area contributed by atoms with Crippen molar-refractivity contribution in [1.29, 1.82) is 0 Å². The molecule has 0 fully saturated rings. The number of amides is 2. The normalized spacial score (nSPS) is 10.2. The van der Waals surface area contributed by atoms with Crippen LogP contribution in [-0.2, 0) is 16.1 Å². The van der Waals surface area contributed by atoms with Gasteiger partial charge in [-0.3, -0.25) is 9.59 Å². The number of benzene rings is 1. The van der Waals surface area contributed by atoms with Gasteiger partial charge in [0.2, 0.25) is 11.8 Å². The molecule has 6 nitrogen and oxygen atoms in total. The minimum atomic E-state index is -0.459. The van der Waals surface area contributed by atoms with Crippen LogP contribution in [0.3, 0.4) is 0 Å². The number of nitrogens with one attached hydrogen (secondary N) is 2. The molecule has 1 aromatic rings. The van der Waals surface area contributed by atoms with Gasteiger partial charge in [0.05, 0.1) is 13.2 Å². The molecule has 0 aliphatic rings. The Labute approximate surface area is 112 Å². The molecule has 6 heteroatoms. The van der Waals surface area contributed by atoms with E-state index in [0.29, 0.717) is 25.3 Å². The maximum Gasteiger partial charge on any atom is 0.248 e. The molecular weight excluding hydrogens is 246 g/mol. The van der Waals surface area contributed by atoms with Crippen molar-refractivity contribution in [1.82, 2.24) is 10.6 Å². The van der Waals surface area contributed by atoms with Gasteiger partial charge in [-0.05, 0) is 17.7 Å². The average molecular weight is 265 g/mol. The fraction of sp³-hybridized carbons (Fsp3) is 0.385. The molecule has 0 aromatic heterocycles. The monoisotopic (exact) mass is 265 g/mol. The lowest BCUT2D eigenvalue weighted by Gasteiger charge is -2.07. The summed E-state index contributed by atoms with van der Waals surface area (Å²) in [4.78, 5) is 22.4. The summed E-state index contributed by atoms with van der Waals surface area (Å²) >= 11 is 0. The van der Waals surface area contributed by atoms with Crippen molar-refractivity contribution in [3.8, 4) is 0 Å². The smallest absolute Gasteiger partial charge is 0.248 e. The van der Waals surface area contributed by atoms with Gasteiger partial charge < -0.3 is 21.1 Å². The summed E-state index contributed by atoms with van der Waals surface area (Å²) in [6.07, 6.45) is 0. The molecule has 19 heavy (non-hydrogen) atoms. The number of methoxy groups -OCH3 is 1. The van der Waals surface area contributed by atoms with E-state index in [1.54, 1.807) is 25.3 Å². The SMILES string of the molecule is COCCNC(=O)CNCc1cccc(C(N)=O)c1. The third-order valence-electron chi connectivity index (χ3n) is 2.45. The first-order valence-corrected chi connectivity index (χ1v) is 5.98. The van der Waals surface area contributed by atoms with Crippen LogP contribution in [0.1, 0.15) is 15.9 Å². The Balaban J connectivity index is 2.31. The van der Waals surface area contributed by atoms with Crippen LogP contribution >= 0.6 is 0 Å². The third kappa shape index (κ3) is 5.98. The zero-order valence-corrected chi connectivity index (χ0v) is 10.9. The van der Waals surface area contributed by atoms with E-state index >= 15 is 0 Å². The van der Waals surface area contributed by atoms with Gasteiger partial charge in [0.15, 0.2) is 0 Å². The molecule has 1 rings (SSSR count). The summed E-state index contributed by atoms with van der Waals surface area (Å²) in [6, 6.07) is 6.99. The van der Waals surface area contributed by atoms with E-state index in [9.17, 15) is 9.59 Å². The average Bonchev–Trinajstić information content (AvgIpc) is 2.39. The summed E-state index contributed by atoms with van der Waals surface area (Å²) in [7, 11) is 1.58. The molecule has 2 amide bonds. The Hall–Kier alpha value is -1.92. The second-order valence-electron chi connectivity index (χ2n) is 4.01. The lowest BCUT2D eigenvalue weighted by molar-refractivity contribution is -0.120. The molecule has 0 bridgehead atoms. The molecule has 0 radical (unpaired) electrons. The van der Waals surface area contributed by atoms with Gasteiger partial charge in [0.1, 0.15) is 0 Å². The molecule has 4 N–H and O–H groups in total. The van der Waals surface area contributed by atoms with Gasteiger partial charge in [0.25, 0.3) is 0 Å². The van der Waals surface area contributed by atoms with E-state index in [1.807, 2.05) is 6.07 Å². The quantitative estimate of drug-likeness (QED) is 0.559. The van der Waals surface area contributed by atoms with Gasteiger partial charge in [-0.25, -0.2) is 0 Å². The van der Waals surface area contributed by atoms with Crippen molar-refractivity contribution in [2.24, 2.45) is 5.73 Å².